The lowest BCUT2D eigenvalue weighted by Crippen LogP contribution is -2.16. The molecular weight excluding hydrogens is 252 g/mol. The number of esters is 1. The fraction of sp³-hybridized carbons (Fsp3) is 0.375. The third-order valence-electron chi connectivity index (χ3n) is 2.42. The summed E-state index contributed by atoms with van der Waals surface area (Å²) >= 11 is 0. The van der Waals surface area contributed by atoms with E-state index < -0.39 is 8.07 Å². The number of carbonyl (C=O) groups is 1. The number of rotatable bonds is 5. The molecule has 0 aromatic heterocycles. The number of hydrogen-bond acceptors (Lipinski definition) is 2. The van der Waals surface area contributed by atoms with Gasteiger partial charge in [-0.15, -0.1) is 5.73 Å². The number of hydrogen-bond donors (Lipinski definition) is 0. The van der Waals surface area contributed by atoms with Crippen LogP contribution in [0, 0.1) is 0 Å². The van der Waals surface area contributed by atoms with Crippen LogP contribution in [0.1, 0.15) is 12.5 Å². The van der Waals surface area contributed by atoms with Gasteiger partial charge in [0.05, 0.1) is 20.3 Å². The largest absolute Gasteiger partial charge is 0.462 e. The minimum Gasteiger partial charge on any atom is -0.462 e. The fourth-order valence-corrected chi connectivity index (χ4v) is 2.11. The summed E-state index contributed by atoms with van der Waals surface area (Å²) in [6, 6.07) is 9.93. The summed E-state index contributed by atoms with van der Waals surface area (Å²) in [4.78, 5) is 11.9. The topological polar surface area (TPSA) is 26.3 Å². The van der Waals surface area contributed by atoms with E-state index in [9.17, 15) is 4.79 Å². The van der Waals surface area contributed by atoms with Crippen LogP contribution in [0.2, 0.25) is 19.6 Å². The summed E-state index contributed by atoms with van der Waals surface area (Å²) in [6.07, 6.45) is 0.570. The van der Waals surface area contributed by atoms with Crippen LogP contribution >= 0.6 is 0 Å². The second kappa shape index (κ2) is 7.12. The van der Waals surface area contributed by atoms with Crippen molar-refractivity contribution in [3.05, 3.63) is 52.9 Å². The van der Waals surface area contributed by atoms with Crippen molar-refractivity contribution in [3.8, 4) is 0 Å². The van der Waals surface area contributed by atoms with Gasteiger partial charge in [-0.05, 0) is 12.5 Å². The first-order valence-corrected chi connectivity index (χ1v) is 10.2. The Balaban J connectivity index is 3.00. The van der Waals surface area contributed by atoms with Gasteiger partial charge in [0.15, 0.2) is 0 Å². The molecule has 1 aromatic rings. The van der Waals surface area contributed by atoms with Crippen molar-refractivity contribution in [2.45, 2.75) is 33.0 Å². The van der Waals surface area contributed by atoms with E-state index in [0.29, 0.717) is 18.6 Å². The molecule has 0 amide bonds. The Bertz CT molecular complexity index is 477. The highest BCUT2D eigenvalue weighted by atomic mass is 28.3. The molecule has 2 nitrogen and oxygen atoms in total. The zero-order valence-electron chi connectivity index (χ0n) is 12.2. The number of carbonyl (C=O) groups excluding carboxylic acids is 1. The van der Waals surface area contributed by atoms with Crippen LogP contribution in [0.5, 0.6) is 0 Å². The second-order valence-corrected chi connectivity index (χ2v) is 10.5. The molecule has 19 heavy (non-hydrogen) atoms. The van der Waals surface area contributed by atoms with Crippen molar-refractivity contribution in [1.29, 1.82) is 0 Å². The highest BCUT2D eigenvalue weighted by Crippen LogP contribution is 2.10. The van der Waals surface area contributed by atoms with E-state index in [1.54, 1.807) is 0 Å². The number of ether oxygens (including phenoxy) is 1. The average molecular weight is 274 g/mol. The van der Waals surface area contributed by atoms with Crippen molar-refractivity contribution in [2.75, 3.05) is 6.61 Å². The lowest BCUT2D eigenvalue weighted by molar-refractivity contribution is -0.138. The maximum absolute atomic E-state index is 11.9. The maximum atomic E-state index is 11.9. The molecule has 3 heteroatoms. The Labute approximate surface area is 116 Å². The van der Waals surface area contributed by atoms with Crippen molar-refractivity contribution in [3.63, 3.8) is 0 Å². The smallest absolute Gasteiger partial charge is 0.342 e. The van der Waals surface area contributed by atoms with Crippen LogP contribution in [0.4, 0.5) is 0 Å². The van der Waals surface area contributed by atoms with Crippen molar-refractivity contribution in [2.24, 2.45) is 0 Å². The van der Waals surface area contributed by atoms with E-state index in [-0.39, 0.29) is 5.97 Å². The molecule has 0 aliphatic carbocycles. The van der Waals surface area contributed by atoms with E-state index in [2.05, 4.69) is 31.1 Å². The van der Waals surface area contributed by atoms with Crippen LogP contribution in [-0.2, 0) is 16.0 Å². The molecule has 0 unspecified atom stereocenters. The second-order valence-electron chi connectivity index (χ2n) is 5.52. The molecular formula is C16H22O2Si. The van der Waals surface area contributed by atoms with E-state index in [0.717, 1.165) is 5.56 Å². The highest BCUT2D eigenvalue weighted by Gasteiger charge is 2.12. The van der Waals surface area contributed by atoms with E-state index >= 15 is 0 Å². The summed E-state index contributed by atoms with van der Waals surface area (Å²) < 4.78 is 5.10. The zero-order chi connectivity index (χ0) is 14.3. The molecule has 0 saturated carbocycles. The quantitative estimate of drug-likeness (QED) is 0.354. The molecule has 0 fully saturated rings. The Morgan fingerprint density at radius 3 is 2.42 bits per heavy atom. The van der Waals surface area contributed by atoms with Crippen LogP contribution < -0.4 is 0 Å². The summed E-state index contributed by atoms with van der Waals surface area (Å²) in [5, 5.41) is 0. The first-order chi connectivity index (χ1) is 8.92. The van der Waals surface area contributed by atoms with Crippen molar-refractivity contribution in [1.82, 2.24) is 0 Å². The van der Waals surface area contributed by atoms with Gasteiger partial charge in [-0.3, -0.25) is 0 Å². The molecule has 0 aliphatic rings. The van der Waals surface area contributed by atoms with Crippen LogP contribution in [0.15, 0.2) is 47.3 Å². The van der Waals surface area contributed by atoms with Crippen LogP contribution in [0.25, 0.3) is 0 Å². The molecule has 102 valence electrons. The minimum absolute atomic E-state index is 0.263. The predicted octanol–water partition coefficient (Wildman–Crippen LogP) is 3.75. The van der Waals surface area contributed by atoms with Gasteiger partial charge in [0.1, 0.15) is 0 Å². The van der Waals surface area contributed by atoms with Gasteiger partial charge < -0.3 is 4.74 Å². The maximum Gasteiger partial charge on any atom is 0.342 e. The molecule has 0 bridgehead atoms. The Morgan fingerprint density at radius 2 is 1.89 bits per heavy atom. The van der Waals surface area contributed by atoms with Gasteiger partial charge >= 0.3 is 5.97 Å². The lowest BCUT2D eigenvalue weighted by Gasteiger charge is -2.08. The minimum atomic E-state index is -1.37. The standard InChI is InChI=1S/C16H22O2Si/c1-5-18-16(17)15(11-12-19(2,3)4)13-14-9-7-6-8-10-14/h6-10,12H,5,13H2,1-4H3. The molecule has 1 aromatic carbocycles. The molecule has 0 saturated heterocycles. The lowest BCUT2D eigenvalue weighted by atomic mass is 10.1. The first-order valence-electron chi connectivity index (χ1n) is 6.60. The molecule has 0 heterocycles. The fourth-order valence-electron chi connectivity index (χ4n) is 1.50. The molecule has 0 aliphatic heterocycles. The molecule has 0 atom stereocenters. The van der Waals surface area contributed by atoms with E-state index in [1.807, 2.05) is 37.3 Å². The summed E-state index contributed by atoms with van der Waals surface area (Å²) in [7, 11) is -1.37. The van der Waals surface area contributed by atoms with Gasteiger partial charge in [-0.1, -0.05) is 55.7 Å². The monoisotopic (exact) mass is 274 g/mol. The van der Waals surface area contributed by atoms with Crippen molar-refractivity contribution < 1.29 is 9.53 Å². The third kappa shape index (κ3) is 6.23. The van der Waals surface area contributed by atoms with Crippen LogP contribution in [0.3, 0.4) is 0 Å². The SMILES string of the molecule is CCOC(=O)C(=C=C[Si](C)(C)C)Cc1ccccc1. The van der Waals surface area contributed by atoms with Gasteiger partial charge in [-0.25, -0.2) is 4.79 Å². The van der Waals surface area contributed by atoms with Gasteiger partial charge in [0.2, 0.25) is 0 Å². The summed E-state index contributed by atoms with van der Waals surface area (Å²) in [5.41, 5.74) is 6.94. The predicted molar refractivity (Wildman–Crippen MR) is 81.7 cm³/mol. The summed E-state index contributed by atoms with van der Waals surface area (Å²) in [5.74, 6) is -0.263. The highest BCUT2D eigenvalue weighted by molar-refractivity contribution is 6.80. The van der Waals surface area contributed by atoms with Crippen molar-refractivity contribution >= 4 is 14.0 Å². The zero-order valence-corrected chi connectivity index (χ0v) is 13.2. The van der Waals surface area contributed by atoms with Gasteiger partial charge in [0, 0.05) is 6.42 Å². The van der Waals surface area contributed by atoms with Crippen LogP contribution in [-0.4, -0.2) is 20.7 Å². The molecule has 1 rings (SSSR count). The first kappa shape index (κ1) is 15.5. The average Bonchev–Trinajstić information content (AvgIpc) is 2.35. The Hall–Kier alpha value is -1.57. The Kier molecular flexibility index (Phi) is 5.81. The summed E-state index contributed by atoms with van der Waals surface area (Å²) in [6.45, 7) is 8.86. The normalized spacial score (nSPS) is 10.5. The molecule has 0 N–H and O–H groups in total. The third-order valence-corrected chi connectivity index (χ3v) is 3.44. The Morgan fingerprint density at radius 1 is 1.26 bits per heavy atom. The molecule has 0 spiro atoms. The molecule has 0 radical (unpaired) electrons. The van der Waals surface area contributed by atoms with Gasteiger partial charge in [-0.2, -0.15) is 0 Å². The van der Waals surface area contributed by atoms with E-state index in [4.69, 9.17) is 4.74 Å². The number of benzene rings is 1. The van der Waals surface area contributed by atoms with E-state index in [1.165, 1.54) is 0 Å². The van der Waals surface area contributed by atoms with Gasteiger partial charge in [0.25, 0.3) is 0 Å².